The van der Waals surface area contributed by atoms with Crippen molar-refractivity contribution >= 4 is 5.69 Å². The molecule has 1 aromatic heterocycles. The molecule has 0 aliphatic carbocycles. The zero-order chi connectivity index (χ0) is 14.4. The van der Waals surface area contributed by atoms with E-state index in [1.54, 1.807) is 12.4 Å². The van der Waals surface area contributed by atoms with Gasteiger partial charge in [-0.25, -0.2) is 0 Å². The first-order chi connectivity index (χ1) is 9.65. The Bertz CT molecular complexity index is 530. The van der Waals surface area contributed by atoms with Gasteiger partial charge in [-0.2, -0.15) is 0 Å². The Hall–Kier alpha value is -1.91. The van der Waals surface area contributed by atoms with Crippen molar-refractivity contribution < 1.29 is 5.11 Å². The number of hydrogen-bond donors (Lipinski definition) is 2. The summed E-state index contributed by atoms with van der Waals surface area (Å²) in [6, 6.07) is 11.4. The molecule has 0 saturated heterocycles. The highest BCUT2D eigenvalue weighted by Crippen LogP contribution is 2.16. The summed E-state index contributed by atoms with van der Waals surface area (Å²) in [5, 5.41) is 10.2. The Morgan fingerprint density at radius 2 is 2.00 bits per heavy atom. The van der Waals surface area contributed by atoms with Gasteiger partial charge in [0, 0.05) is 31.2 Å². The van der Waals surface area contributed by atoms with Gasteiger partial charge < -0.3 is 15.7 Å². The van der Waals surface area contributed by atoms with Crippen molar-refractivity contribution in [3.8, 4) is 0 Å². The lowest BCUT2D eigenvalue weighted by atomic mass is 10.1. The molecule has 4 nitrogen and oxygen atoms in total. The molecule has 0 aliphatic rings. The van der Waals surface area contributed by atoms with E-state index in [0.29, 0.717) is 12.2 Å². The molecule has 1 atom stereocenters. The number of benzene rings is 1. The molecule has 4 heteroatoms. The minimum absolute atomic E-state index is 0.513. The van der Waals surface area contributed by atoms with E-state index in [9.17, 15) is 5.11 Å². The van der Waals surface area contributed by atoms with Crippen LogP contribution in [0.5, 0.6) is 0 Å². The van der Waals surface area contributed by atoms with Crippen molar-refractivity contribution in [2.24, 2.45) is 0 Å². The normalized spacial score (nSPS) is 12.6. The maximum absolute atomic E-state index is 10.2. The van der Waals surface area contributed by atoms with Gasteiger partial charge in [-0.05, 0) is 48.9 Å². The van der Waals surface area contributed by atoms with Crippen LogP contribution in [0.15, 0.2) is 48.8 Å². The molecular weight excluding hydrogens is 250 g/mol. The number of nitrogens with zero attached hydrogens (tertiary/aromatic N) is 2. The molecule has 1 heterocycles. The van der Waals surface area contributed by atoms with Gasteiger partial charge in [0.1, 0.15) is 0 Å². The minimum atomic E-state index is -0.513. The Balaban J connectivity index is 1.83. The molecule has 1 unspecified atom stereocenters. The first-order valence-corrected chi connectivity index (χ1v) is 6.76. The van der Waals surface area contributed by atoms with Crippen LogP contribution in [0.1, 0.15) is 17.2 Å². The molecule has 0 fully saturated rings. The number of anilines is 1. The summed E-state index contributed by atoms with van der Waals surface area (Å²) < 4.78 is 0. The summed E-state index contributed by atoms with van der Waals surface area (Å²) in [6.45, 7) is 1.48. The second-order valence-electron chi connectivity index (χ2n) is 5.05. The Kier molecular flexibility index (Phi) is 5.09. The van der Waals surface area contributed by atoms with E-state index in [-0.39, 0.29) is 0 Å². The summed E-state index contributed by atoms with van der Waals surface area (Å²) in [6.07, 6.45) is 4.04. The molecule has 0 amide bonds. The molecule has 0 radical (unpaired) electrons. The maximum Gasteiger partial charge on any atom is 0.0917 e. The van der Waals surface area contributed by atoms with Crippen LogP contribution in [-0.2, 0) is 6.42 Å². The highest BCUT2D eigenvalue weighted by atomic mass is 16.3. The van der Waals surface area contributed by atoms with Crippen LogP contribution in [0.2, 0.25) is 0 Å². The van der Waals surface area contributed by atoms with Gasteiger partial charge in [0.15, 0.2) is 0 Å². The molecule has 2 rings (SSSR count). The Morgan fingerprint density at radius 1 is 1.25 bits per heavy atom. The van der Waals surface area contributed by atoms with Crippen molar-refractivity contribution in [3.05, 3.63) is 59.9 Å². The van der Waals surface area contributed by atoms with Gasteiger partial charge in [0.2, 0.25) is 0 Å². The van der Waals surface area contributed by atoms with E-state index in [1.165, 1.54) is 5.56 Å². The van der Waals surface area contributed by atoms with Gasteiger partial charge in [-0.3, -0.25) is 4.98 Å². The smallest absolute Gasteiger partial charge is 0.0917 e. The highest BCUT2D eigenvalue weighted by molar-refractivity contribution is 5.41. The van der Waals surface area contributed by atoms with E-state index in [1.807, 2.05) is 43.4 Å². The zero-order valence-electron chi connectivity index (χ0n) is 11.7. The quantitative estimate of drug-likeness (QED) is 0.787. The van der Waals surface area contributed by atoms with Gasteiger partial charge in [0.25, 0.3) is 0 Å². The van der Waals surface area contributed by atoms with Gasteiger partial charge >= 0.3 is 0 Å². The van der Waals surface area contributed by atoms with Crippen molar-refractivity contribution in [2.45, 2.75) is 12.5 Å². The third kappa shape index (κ3) is 4.33. The molecule has 1 aromatic carbocycles. The Labute approximate surface area is 119 Å². The van der Waals surface area contributed by atoms with Crippen LogP contribution in [0.4, 0.5) is 5.69 Å². The predicted octanol–water partition coefficient (Wildman–Crippen LogP) is 1.87. The molecule has 20 heavy (non-hydrogen) atoms. The zero-order valence-corrected chi connectivity index (χ0v) is 11.7. The van der Waals surface area contributed by atoms with Crippen LogP contribution < -0.4 is 5.73 Å². The van der Waals surface area contributed by atoms with Crippen LogP contribution >= 0.6 is 0 Å². The summed E-state index contributed by atoms with van der Waals surface area (Å²) in [7, 11) is 2.01. The number of aliphatic hydroxyl groups is 1. The van der Waals surface area contributed by atoms with Crippen molar-refractivity contribution in [1.29, 1.82) is 0 Å². The first kappa shape index (κ1) is 14.5. The highest BCUT2D eigenvalue weighted by Gasteiger charge is 2.10. The number of aromatic nitrogens is 1. The standard InChI is InChI=1S/C16H21N3O/c1-19(10-7-13-5-8-18-9-6-13)12-16(20)14-3-2-4-15(17)11-14/h2-6,8-9,11,16,20H,7,10,12,17H2,1H3. The van der Waals surface area contributed by atoms with Crippen LogP contribution in [0, 0.1) is 0 Å². The molecule has 3 N–H and O–H groups in total. The van der Waals surface area contributed by atoms with Crippen LogP contribution in [-0.4, -0.2) is 35.1 Å². The third-order valence-electron chi connectivity index (χ3n) is 3.31. The SMILES string of the molecule is CN(CCc1ccncc1)CC(O)c1cccc(N)c1. The Morgan fingerprint density at radius 3 is 2.70 bits per heavy atom. The van der Waals surface area contributed by atoms with Crippen LogP contribution in [0.3, 0.4) is 0 Å². The third-order valence-corrected chi connectivity index (χ3v) is 3.31. The van der Waals surface area contributed by atoms with Crippen LogP contribution in [0.25, 0.3) is 0 Å². The number of aliphatic hydroxyl groups excluding tert-OH is 1. The lowest BCUT2D eigenvalue weighted by Gasteiger charge is -2.21. The van der Waals surface area contributed by atoms with Gasteiger partial charge in [-0.15, -0.1) is 0 Å². The number of pyridine rings is 1. The summed E-state index contributed by atoms with van der Waals surface area (Å²) in [4.78, 5) is 6.12. The maximum atomic E-state index is 10.2. The van der Waals surface area contributed by atoms with E-state index in [4.69, 9.17) is 5.73 Å². The minimum Gasteiger partial charge on any atom is -0.399 e. The lowest BCUT2D eigenvalue weighted by Crippen LogP contribution is -2.26. The second kappa shape index (κ2) is 7.03. The average molecular weight is 271 g/mol. The topological polar surface area (TPSA) is 62.4 Å². The van der Waals surface area contributed by atoms with Crippen molar-refractivity contribution in [3.63, 3.8) is 0 Å². The number of likely N-dealkylation sites (N-methyl/N-ethyl adjacent to an activating group) is 1. The molecule has 0 bridgehead atoms. The molecule has 2 aromatic rings. The van der Waals surface area contributed by atoms with Crippen molar-refractivity contribution in [2.75, 3.05) is 25.9 Å². The predicted molar refractivity (Wildman–Crippen MR) is 81.3 cm³/mol. The molecule has 0 spiro atoms. The van der Waals surface area contributed by atoms with E-state index in [0.717, 1.165) is 18.5 Å². The number of rotatable bonds is 6. The molecular formula is C16H21N3O. The van der Waals surface area contributed by atoms with Gasteiger partial charge in [-0.1, -0.05) is 12.1 Å². The fourth-order valence-electron chi connectivity index (χ4n) is 2.13. The van der Waals surface area contributed by atoms with E-state index < -0.39 is 6.10 Å². The fourth-order valence-corrected chi connectivity index (χ4v) is 2.13. The number of nitrogens with two attached hydrogens (primary N) is 1. The average Bonchev–Trinajstić information content (AvgIpc) is 2.46. The largest absolute Gasteiger partial charge is 0.399 e. The number of hydrogen-bond acceptors (Lipinski definition) is 4. The first-order valence-electron chi connectivity index (χ1n) is 6.76. The second-order valence-corrected chi connectivity index (χ2v) is 5.05. The summed E-state index contributed by atoms with van der Waals surface area (Å²) >= 11 is 0. The molecule has 0 aliphatic heterocycles. The van der Waals surface area contributed by atoms with E-state index in [2.05, 4.69) is 9.88 Å². The molecule has 106 valence electrons. The summed E-state index contributed by atoms with van der Waals surface area (Å²) in [5.74, 6) is 0. The van der Waals surface area contributed by atoms with Crippen molar-refractivity contribution in [1.82, 2.24) is 9.88 Å². The lowest BCUT2D eigenvalue weighted by molar-refractivity contribution is 0.127. The fraction of sp³-hybridized carbons (Fsp3) is 0.312. The molecule has 0 saturated carbocycles. The summed E-state index contributed by atoms with van der Waals surface area (Å²) in [5.41, 5.74) is 8.53. The number of nitrogen functional groups attached to an aromatic ring is 1. The monoisotopic (exact) mass is 271 g/mol. The van der Waals surface area contributed by atoms with Gasteiger partial charge in [0.05, 0.1) is 6.10 Å². The van der Waals surface area contributed by atoms with E-state index >= 15 is 0 Å².